The molecule has 1 aromatic carbocycles. The van der Waals surface area contributed by atoms with Crippen LogP contribution in [0, 0.1) is 17.6 Å². The number of halogens is 2. The van der Waals surface area contributed by atoms with Crippen molar-refractivity contribution in [1.82, 2.24) is 20.2 Å². The summed E-state index contributed by atoms with van der Waals surface area (Å²) >= 11 is 0. The van der Waals surface area contributed by atoms with Gasteiger partial charge in [0.25, 0.3) is 0 Å². The van der Waals surface area contributed by atoms with E-state index in [-0.39, 0.29) is 23.9 Å². The fourth-order valence-electron chi connectivity index (χ4n) is 5.95. The number of hydrogen-bond acceptors (Lipinski definition) is 4. The summed E-state index contributed by atoms with van der Waals surface area (Å²) in [6.07, 6.45) is 12.3. The van der Waals surface area contributed by atoms with E-state index in [0.717, 1.165) is 25.3 Å². The molecule has 3 N–H and O–H groups in total. The molecule has 1 saturated carbocycles. The molecule has 2 aromatic rings. The zero-order valence-electron chi connectivity index (χ0n) is 23.7. The molecular weight excluding hydrogens is 500 g/mol. The van der Waals surface area contributed by atoms with E-state index in [0.29, 0.717) is 48.5 Å². The third kappa shape index (κ3) is 7.04. The van der Waals surface area contributed by atoms with E-state index in [1.165, 1.54) is 25.3 Å². The summed E-state index contributed by atoms with van der Waals surface area (Å²) in [5, 5.41) is 9.49. The van der Waals surface area contributed by atoms with E-state index in [9.17, 15) is 18.4 Å². The van der Waals surface area contributed by atoms with Crippen LogP contribution in [0.4, 0.5) is 14.6 Å². The maximum atomic E-state index is 14.4. The lowest BCUT2D eigenvalue weighted by atomic mass is 9.84. The lowest BCUT2D eigenvalue weighted by Gasteiger charge is -2.32. The highest BCUT2D eigenvalue weighted by molar-refractivity contribution is 5.94. The highest BCUT2D eigenvalue weighted by Gasteiger charge is 2.33. The average molecular weight is 544 g/mol. The van der Waals surface area contributed by atoms with E-state index in [1.54, 1.807) is 17.1 Å². The van der Waals surface area contributed by atoms with Gasteiger partial charge in [-0.05, 0) is 82.4 Å². The molecule has 0 spiro atoms. The van der Waals surface area contributed by atoms with Gasteiger partial charge < -0.3 is 20.5 Å². The Balaban J connectivity index is 1.36. The molecule has 3 atom stereocenters. The number of aromatic nitrogens is 2. The summed E-state index contributed by atoms with van der Waals surface area (Å²) in [5.41, 5.74) is 0.346. The number of carbonyl (C=O) groups excluding carboxylic acids is 2. The molecule has 7 nitrogen and oxygen atoms in total. The Morgan fingerprint density at radius 2 is 1.90 bits per heavy atom. The molecule has 214 valence electrons. The van der Waals surface area contributed by atoms with Crippen LogP contribution in [-0.2, 0) is 28.0 Å². The number of aryl methyl sites for hydroxylation is 1. The third-order valence-electron chi connectivity index (χ3n) is 8.55. The standard InChI is InChI=1S/C30H43F2N5O2/c1-5-9-26(35-23-13-12-21-14-22(31)15-25(32)24(21)16-23)28(38)36-27-17-37(18-33-27)30(3,4)29(39)34-19(2)20-10-7-6-8-11-20/h14-15,17-20,23,26,35H,5-13,16H2,1-4H3,(H,34,39)(H,36,38)/t19-,23?,26+/m1/s1. The predicted molar refractivity (Wildman–Crippen MR) is 148 cm³/mol. The number of nitrogens with zero attached hydrogens (tertiary/aromatic N) is 2. The molecule has 1 heterocycles. The molecule has 1 aromatic heterocycles. The normalized spacial score (nSPS) is 19.7. The van der Waals surface area contributed by atoms with E-state index >= 15 is 0 Å². The van der Waals surface area contributed by atoms with Crippen molar-refractivity contribution in [2.24, 2.45) is 5.92 Å². The molecule has 4 rings (SSSR count). The topological polar surface area (TPSA) is 88.0 Å². The van der Waals surface area contributed by atoms with Gasteiger partial charge in [0.2, 0.25) is 11.8 Å². The molecule has 2 aliphatic rings. The molecule has 0 saturated heterocycles. The van der Waals surface area contributed by atoms with Crippen molar-refractivity contribution < 1.29 is 18.4 Å². The van der Waals surface area contributed by atoms with E-state index in [4.69, 9.17) is 0 Å². The van der Waals surface area contributed by atoms with Crippen LogP contribution >= 0.6 is 0 Å². The average Bonchev–Trinajstić information content (AvgIpc) is 3.38. The van der Waals surface area contributed by atoms with Gasteiger partial charge in [0.05, 0.1) is 12.4 Å². The Kier molecular flexibility index (Phi) is 9.41. The van der Waals surface area contributed by atoms with Crippen LogP contribution in [-0.4, -0.2) is 39.5 Å². The molecule has 2 amide bonds. The Labute approximate surface area is 230 Å². The lowest BCUT2D eigenvalue weighted by molar-refractivity contribution is -0.129. The maximum Gasteiger partial charge on any atom is 0.245 e. The molecule has 1 fully saturated rings. The zero-order chi connectivity index (χ0) is 28.2. The summed E-state index contributed by atoms with van der Waals surface area (Å²) in [6, 6.07) is 1.86. The van der Waals surface area contributed by atoms with Crippen LogP contribution < -0.4 is 16.0 Å². The largest absolute Gasteiger partial charge is 0.351 e. The molecule has 39 heavy (non-hydrogen) atoms. The van der Waals surface area contributed by atoms with Crippen molar-refractivity contribution in [3.05, 3.63) is 47.4 Å². The molecule has 0 bridgehead atoms. The maximum absolute atomic E-state index is 14.4. The van der Waals surface area contributed by atoms with Crippen LogP contribution in [0.1, 0.15) is 90.2 Å². The van der Waals surface area contributed by atoms with Crippen LogP contribution in [0.15, 0.2) is 24.7 Å². The monoisotopic (exact) mass is 543 g/mol. The van der Waals surface area contributed by atoms with Crippen molar-refractivity contribution in [2.75, 3.05) is 5.32 Å². The van der Waals surface area contributed by atoms with Gasteiger partial charge in [-0.2, -0.15) is 0 Å². The lowest BCUT2D eigenvalue weighted by Crippen LogP contribution is -2.49. The molecule has 1 unspecified atom stereocenters. The van der Waals surface area contributed by atoms with E-state index < -0.39 is 23.2 Å². The second-order valence-electron chi connectivity index (χ2n) is 11.8. The minimum Gasteiger partial charge on any atom is -0.351 e. The summed E-state index contributed by atoms with van der Waals surface area (Å²) in [5.74, 6) is -0.501. The zero-order valence-corrected chi connectivity index (χ0v) is 23.7. The van der Waals surface area contributed by atoms with Crippen molar-refractivity contribution in [3.63, 3.8) is 0 Å². The number of amides is 2. The van der Waals surface area contributed by atoms with E-state index in [1.807, 2.05) is 20.8 Å². The van der Waals surface area contributed by atoms with Crippen molar-refractivity contribution in [1.29, 1.82) is 0 Å². The first-order valence-electron chi connectivity index (χ1n) is 14.5. The van der Waals surface area contributed by atoms with Gasteiger partial charge in [-0.1, -0.05) is 32.6 Å². The smallest absolute Gasteiger partial charge is 0.245 e. The second-order valence-corrected chi connectivity index (χ2v) is 11.8. The van der Waals surface area contributed by atoms with Gasteiger partial charge in [0.1, 0.15) is 17.2 Å². The minimum atomic E-state index is -0.876. The molecular formula is C30H43F2N5O2. The number of benzene rings is 1. The van der Waals surface area contributed by atoms with Gasteiger partial charge in [-0.15, -0.1) is 0 Å². The quantitative estimate of drug-likeness (QED) is 0.383. The number of anilines is 1. The predicted octanol–water partition coefficient (Wildman–Crippen LogP) is 5.24. The number of rotatable bonds is 10. The molecule has 9 heteroatoms. The highest BCUT2D eigenvalue weighted by Crippen LogP contribution is 2.28. The van der Waals surface area contributed by atoms with Gasteiger partial charge in [0.15, 0.2) is 5.82 Å². The number of carbonyl (C=O) groups is 2. The van der Waals surface area contributed by atoms with Gasteiger partial charge in [-0.3, -0.25) is 9.59 Å². The van der Waals surface area contributed by atoms with E-state index in [2.05, 4.69) is 27.9 Å². The SMILES string of the molecule is CCC[C@H](NC1CCc2cc(F)cc(F)c2C1)C(=O)Nc1cn(C(C)(C)C(=O)N[C@H](C)C2CCCCC2)cn1. The number of imidazole rings is 1. The van der Waals surface area contributed by atoms with Gasteiger partial charge in [-0.25, -0.2) is 13.8 Å². The van der Waals surface area contributed by atoms with Crippen LogP contribution in [0.3, 0.4) is 0 Å². The Bertz CT molecular complexity index is 1160. The van der Waals surface area contributed by atoms with Crippen molar-refractivity contribution in [3.8, 4) is 0 Å². The second kappa shape index (κ2) is 12.6. The number of hydrogen-bond donors (Lipinski definition) is 3. The Hall–Kier alpha value is -2.81. The third-order valence-corrected chi connectivity index (χ3v) is 8.55. The highest BCUT2D eigenvalue weighted by atomic mass is 19.1. The molecule has 0 aliphatic heterocycles. The first kappa shape index (κ1) is 29.2. The number of nitrogens with one attached hydrogen (secondary N) is 3. The van der Waals surface area contributed by atoms with Crippen LogP contribution in [0.25, 0.3) is 0 Å². The first-order chi connectivity index (χ1) is 18.6. The van der Waals surface area contributed by atoms with Crippen molar-refractivity contribution >= 4 is 17.6 Å². The summed E-state index contributed by atoms with van der Waals surface area (Å²) < 4.78 is 29.7. The summed E-state index contributed by atoms with van der Waals surface area (Å²) in [4.78, 5) is 30.8. The van der Waals surface area contributed by atoms with Gasteiger partial charge in [0, 0.05) is 24.3 Å². The Morgan fingerprint density at radius 1 is 1.15 bits per heavy atom. The fourth-order valence-corrected chi connectivity index (χ4v) is 5.95. The van der Waals surface area contributed by atoms with Crippen LogP contribution in [0.2, 0.25) is 0 Å². The molecule has 0 radical (unpaired) electrons. The minimum absolute atomic E-state index is 0.0777. The summed E-state index contributed by atoms with van der Waals surface area (Å²) in [7, 11) is 0. The fraction of sp³-hybridized carbons (Fsp3) is 0.633. The number of fused-ring (bicyclic) bond motifs is 1. The Morgan fingerprint density at radius 3 is 2.62 bits per heavy atom. The summed E-state index contributed by atoms with van der Waals surface area (Å²) in [6.45, 7) is 7.78. The first-order valence-corrected chi connectivity index (χ1v) is 14.5. The van der Waals surface area contributed by atoms with Crippen molar-refractivity contribution in [2.45, 2.75) is 116 Å². The van der Waals surface area contributed by atoms with Gasteiger partial charge >= 0.3 is 0 Å². The van der Waals surface area contributed by atoms with Crippen LogP contribution in [0.5, 0.6) is 0 Å². The molecule has 2 aliphatic carbocycles.